The summed E-state index contributed by atoms with van der Waals surface area (Å²) in [4.78, 5) is 12.9. The lowest BCUT2D eigenvalue weighted by Crippen LogP contribution is -2.23. The summed E-state index contributed by atoms with van der Waals surface area (Å²) in [5, 5.41) is 0. The molecule has 1 rings (SSSR count). The predicted octanol–water partition coefficient (Wildman–Crippen LogP) is 1.04. The van der Waals surface area contributed by atoms with Crippen LogP contribution >= 0.6 is 0 Å². The first-order valence-electron chi connectivity index (χ1n) is 5.75. The van der Waals surface area contributed by atoms with E-state index in [1.165, 1.54) is 5.56 Å². The number of hydrogen-bond acceptors (Lipinski definition) is 3. The molecule has 0 heterocycles. The van der Waals surface area contributed by atoms with Crippen LogP contribution in [0, 0.1) is 0 Å². The Kier molecular flexibility index (Phi) is 5.49. The molecule has 0 aliphatic carbocycles. The SMILES string of the molecule is CN(C)C(=O)CCOc1ccc(CCN)cc1. The molecular formula is C13H20N2O2. The Bertz CT molecular complexity index is 347. The lowest BCUT2D eigenvalue weighted by Gasteiger charge is -2.11. The Morgan fingerprint density at radius 1 is 1.29 bits per heavy atom. The number of carbonyl (C=O) groups is 1. The quantitative estimate of drug-likeness (QED) is 0.803. The van der Waals surface area contributed by atoms with E-state index in [9.17, 15) is 4.79 Å². The fourth-order valence-electron chi connectivity index (χ4n) is 1.40. The number of carbonyl (C=O) groups excluding carboxylic acids is 1. The van der Waals surface area contributed by atoms with Gasteiger partial charge in [0.25, 0.3) is 0 Å². The molecule has 0 saturated heterocycles. The van der Waals surface area contributed by atoms with Crippen LogP contribution in [0.3, 0.4) is 0 Å². The minimum absolute atomic E-state index is 0.0738. The number of amides is 1. The van der Waals surface area contributed by atoms with Crippen LogP contribution in [0.4, 0.5) is 0 Å². The number of nitrogens with zero attached hydrogens (tertiary/aromatic N) is 1. The Morgan fingerprint density at radius 3 is 2.47 bits per heavy atom. The molecule has 0 bridgehead atoms. The number of benzene rings is 1. The predicted molar refractivity (Wildman–Crippen MR) is 68.0 cm³/mol. The normalized spacial score (nSPS) is 10.1. The highest BCUT2D eigenvalue weighted by Gasteiger charge is 2.03. The molecule has 0 spiro atoms. The second-order valence-corrected chi connectivity index (χ2v) is 4.07. The maximum Gasteiger partial charge on any atom is 0.225 e. The zero-order chi connectivity index (χ0) is 12.7. The average Bonchev–Trinajstić information content (AvgIpc) is 2.31. The molecular weight excluding hydrogens is 216 g/mol. The van der Waals surface area contributed by atoms with Crippen LogP contribution in [0.15, 0.2) is 24.3 Å². The number of ether oxygens (including phenoxy) is 1. The highest BCUT2D eigenvalue weighted by atomic mass is 16.5. The molecule has 4 heteroatoms. The van der Waals surface area contributed by atoms with Crippen molar-refractivity contribution in [3.05, 3.63) is 29.8 Å². The van der Waals surface area contributed by atoms with Crippen molar-refractivity contribution < 1.29 is 9.53 Å². The molecule has 1 amide bonds. The molecule has 0 aliphatic heterocycles. The zero-order valence-corrected chi connectivity index (χ0v) is 10.5. The fraction of sp³-hybridized carbons (Fsp3) is 0.462. The summed E-state index contributed by atoms with van der Waals surface area (Å²) in [7, 11) is 3.48. The van der Waals surface area contributed by atoms with Gasteiger partial charge < -0.3 is 15.4 Å². The van der Waals surface area contributed by atoms with Crippen LogP contribution in [-0.2, 0) is 11.2 Å². The van der Waals surface area contributed by atoms with Crippen LogP contribution < -0.4 is 10.5 Å². The van der Waals surface area contributed by atoms with Gasteiger partial charge in [-0.25, -0.2) is 0 Å². The van der Waals surface area contributed by atoms with Gasteiger partial charge in [-0.1, -0.05) is 12.1 Å². The van der Waals surface area contributed by atoms with Crippen LogP contribution in [0.2, 0.25) is 0 Å². The molecule has 1 aromatic carbocycles. The molecule has 94 valence electrons. The first-order chi connectivity index (χ1) is 8.13. The third kappa shape index (κ3) is 4.87. The van der Waals surface area contributed by atoms with E-state index >= 15 is 0 Å². The van der Waals surface area contributed by atoms with Gasteiger partial charge in [-0.15, -0.1) is 0 Å². The highest BCUT2D eigenvalue weighted by Crippen LogP contribution is 2.12. The van der Waals surface area contributed by atoms with Gasteiger partial charge in [0.05, 0.1) is 13.0 Å². The van der Waals surface area contributed by atoms with Gasteiger partial charge in [0, 0.05) is 14.1 Å². The molecule has 4 nitrogen and oxygen atoms in total. The molecule has 0 fully saturated rings. The van der Waals surface area contributed by atoms with Crippen LogP contribution in [-0.4, -0.2) is 38.1 Å². The topological polar surface area (TPSA) is 55.6 Å². The summed E-state index contributed by atoms with van der Waals surface area (Å²) in [5.74, 6) is 0.863. The van der Waals surface area contributed by atoms with Gasteiger partial charge in [0.2, 0.25) is 5.91 Å². The number of rotatable bonds is 6. The van der Waals surface area contributed by atoms with E-state index < -0.39 is 0 Å². The van der Waals surface area contributed by atoms with Crippen molar-refractivity contribution in [1.82, 2.24) is 4.90 Å². The first-order valence-corrected chi connectivity index (χ1v) is 5.75. The molecule has 0 unspecified atom stereocenters. The van der Waals surface area contributed by atoms with E-state index in [-0.39, 0.29) is 5.91 Å². The molecule has 0 radical (unpaired) electrons. The van der Waals surface area contributed by atoms with E-state index in [2.05, 4.69) is 0 Å². The highest BCUT2D eigenvalue weighted by molar-refractivity contribution is 5.75. The molecule has 17 heavy (non-hydrogen) atoms. The molecule has 0 aliphatic rings. The Labute approximate surface area is 102 Å². The van der Waals surface area contributed by atoms with Gasteiger partial charge >= 0.3 is 0 Å². The second-order valence-electron chi connectivity index (χ2n) is 4.07. The maximum absolute atomic E-state index is 11.3. The van der Waals surface area contributed by atoms with Crippen molar-refractivity contribution >= 4 is 5.91 Å². The lowest BCUT2D eigenvalue weighted by molar-refractivity contribution is -0.129. The summed E-state index contributed by atoms with van der Waals surface area (Å²) in [6.07, 6.45) is 1.27. The third-order valence-corrected chi connectivity index (χ3v) is 2.44. The smallest absolute Gasteiger partial charge is 0.225 e. The van der Waals surface area contributed by atoms with Crippen LogP contribution in [0.1, 0.15) is 12.0 Å². The molecule has 0 atom stereocenters. The molecule has 0 saturated carbocycles. The Balaban J connectivity index is 2.34. The van der Waals surface area contributed by atoms with E-state index in [1.807, 2.05) is 24.3 Å². The van der Waals surface area contributed by atoms with Crippen molar-refractivity contribution in [2.75, 3.05) is 27.2 Å². The van der Waals surface area contributed by atoms with Gasteiger partial charge in [0.15, 0.2) is 0 Å². The monoisotopic (exact) mass is 236 g/mol. The van der Waals surface area contributed by atoms with Gasteiger partial charge in [-0.3, -0.25) is 4.79 Å². The Hall–Kier alpha value is -1.55. The fourth-order valence-corrected chi connectivity index (χ4v) is 1.40. The van der Waals surface area contributed by atoms with E-state index in [4.69, 9.17) is 10.5 Å². The standard InChI is InChI=1S/C13H20N2O2/c1-15(2)13(16)8-10-17-12-5-3-11(4-6-12)7-9-14/h3-6H,7-10,14H2,1-2H3. The average molecular weight is 236 g/mol. The van der Waals surface area contributed by atoms with E-state index in [1.54, 1.807) is 19.0 Å². The lowest BCUT2D eigenvalue weighted by atomic mass is 10.1. The minimum Gasteiger partial charge on any atom is -0.493 e. The molecule has 1 aromatic rings. The third-order valence-electron chi connectivity index (χ3n) is 2.44. The van der Waals surface area contributed by atoms with E-state index in [0.29, 0.717) is 19.6 Å². The summed E-state index contributed by atoms with van der Waals surface area (Å²) in [5.41, 5.74) is 6.67. The van der Waals surface area contributed by atoms with Gasteiger partial charge in [-0.05, 0) is 30.7 Å². The second kappa shape index (κ2) is 6.91. The number of nitrogens with two attached hydrogens (primary N) is 1. The number of hydrogen-bond donors (Lipinski definition) is 1. The van der Waals surface area contributed by atoms with Gasteiger partial charge in [-0.2, -0.15) is 0 Å². The van der Waals surface area contributed by atoms with Crippen molar-refractivity contribution in [1.29, 1.82) is 0 Å². The molecule has 2 N–H and O–H groups in total. The summed E-state index contributed by atoms with van der Waals surface area (Å²) >= 11 is 0. The summed E-state index contributed by atoms with van der Waals surface area (Å²) in [6.45, 7) is 1.06. The van der Waals surface area contributed by atoms with Crippen molar-refractivity contribution in [2.24, 2.45) is 5.73 Å². The van der Waals surface area contributed by atoms with Crippen LogP contribution in [0.5, 0.6) is 5.75 Å². The largest absolute Gasteiger partial charge is 0.493 e. The van der Waals surface area contributed by atoms with Crippen molar-refractivity contribution in [3.63, 3.8) is 0 Å². The zero-order valence-electron chi connectivity index (χ0n) is 10.5. The van der Waals surface area contributed by atoms with E-state index in [0.717, 1.165) is 12.2 Å². The van der Waals surface area contributed by atoms with Crippen molar-refractivity contribution in [3.8, 4) is 5.75 Å². The van der Waals surface area contributed by atoms with Crippen LogP contribution in [0.25, 0.3) is 0 Å². The first kappa shape index (κ1) is 13.5. The van der Waals surface area contributed by atoms with Crippen molar-refractivity contribution in [2.45, 2.75) is 12.8 Å². The minimum atomic E-state index is 0.0738. The van der Waals surface area contributed by atoms with Gasteiger partial charge in [0.1, 0.15) is 5.75 Å². The molecule has 0 aromatic heterocycles. The maximum atomic E-state index is 11.3. The summed E-state index contributed by atoms with van der Waals surface area (Å²) in [6, 6.07) is 7.81. The summed E-state index contributed by atoms with van der Waals surface area (Å²) < 4.78 is 5.48. The Morgan fingerprint density at radius 2 is 1.94 bits per heavy atom.